The van der Waals surface area contributed by atoms with E-state index in [-0.39, 0.29) is 5.78 Å². The molecule has 2 aromatic carbocycles. The Balaban J connectivity index is 1.98. The lowest BCUT2D eigenvalue weighted by molar-refractivity contribution is 0.101. The first-order valence-electron chi connectivity index (χ1n) is 8.13. The molecule has 0 saturated carbocycles. The van der Waals surface area contributed by atoms with Crippen LogP contribution < -0.4 is 14.4 Å². The smallest absolute Gasteiger partial charge is 0.161 e. The molecule has 0 aromatic heterocycles. The summed E-state index contributed by atoms with van der Waals surface area (Å²) >= 11 is 0. The largest absolute Gasteiger partial charge is 0.493 e. The SMILES string of the molecule is COc1cc2c(cc1OC)CN(c1cc(C)ccc1C(C)=O)CC2. The van der Waals surface area contributed by atoms with Crippen LogP contribution in [0, 0.1) is 6.92 Å². The molecule has 2 aromatic rings. The van der Waals surface area contributed by atoms with Crippen LogP contribution in [0.5, 0.6) is 11.5 Å². The van der Waals surface area contributed by atoms with Crippen molar-refractivity contribution in [3.8, 4) is 11.5 Å². The van der Waals surface area contributed by atoms with Gasteiger partial charge in [0.15, 0.2) is 17.3 Å². The Bertz CT molecular complexity index is 783. The molecule has 3 rings (SSSR count). The summed E-state index contributed by atoms with van der Waals surface area (Å²) < 4.78 is 10.8. The monoisotopic (exact) mass is 325 g/mol. The van der Waals surface area contributed by atoms with Gasteiger partial charge < -0.3 is 14.4 Å². The second-order valence-corrected chi connectivity index (χ2v) is 6.22. The first kappa shape index (κ1) is 16.4. The Labute approximate surface area is 143 Å². The quantitative estimate of drug-likeness (QED) is 0.802. The number of ether oxygens (including phenoxy) is 2. The fourth-order valence-electron chi connectivity index (χ4n) is 3.29. The predicted octanol–water partition coefficient (Wildman–Crippen LogP) is 3.78. The zero-order valence-corrected chi connectivity index (χ0v) is 14.7. The van der Waals surface area contributed by atoms with E-state index in [0.717, 1.165) is 47.8 Å². The van der Waals surface area contributed by atoms with Crippen molar-refractivity contribution in [1.82, 2.24) is 0 Å². The van der Waals surface area contributed by atoms with Gasteiger partial charge in [-0.05, 0) is 61.2 Å². The highest BCUT2D eigenvalue weighted by Gasteiger charge is 2.22. The van der Waals surface area contributed by atoms with Crippen molar-refractivity contribution in [3.05, 3.63) is 52.6 Å². The third-order valence-corrected chi connectivity index (χ3v) is 4.59. The maximum absolute atomic E-state index is 12.0. The molecular weight excluding hydrogens is 302 g/mol. The molecule has 24 heavy (non-hydrogen) atoms. The lowest BCUT2D eigenvalue weighted by Crippen LogP contribution is -2.31. The minimum atomic E-state index is 0.100. The van der Waals surface area contributed by atoms with Gasteiger partial charge in [0.2, 0.25) is 0 Å². The van der Waals surface area contributed by atoms with Crippen molar-refractivity contribution in [1.29, 1.82) is 0 Å². The van der Waals surface area contributed by atoms with E-state index in [2.05, 4.69) is 24.0 Å². The summed E-state index contributed by atoms with van der Waals surface area (Å²) in [6.07, 6.45) is 0.918. The number of rotatable bonds is 4. The molecule has 0 bridgehead atoms. The molecule has 126 valence electrons. The number of hydrogen-bond acceptors (Lipinski definition) is 4. The van der Waals surface area contributed by atoms with E-state index in [4.69, 9.17) is 9.47 Å². The highest BCUT2D eigenvalue weighted by Crippen LogP contribution is 2.35. The van der Waals surface area contributed by atoms with E-state index < -0.39 is 0 Å². The molecule has 0 unspecified atom stereocenters. The Hall–Kier alpha value is -2.49. The van der Waals surface area contributed by atoms with Crippen LogP contribution in [0.15, 0.2) is 30.3 Å². The number of Topliss-reactive ketones (excluding diaryl/α,β-unsaturated/α-hetero) is 1. The molecule has 0 aliphatic carbocycles. The second-order valence-electron chi connectivity index (χ2n) is 6.22. The number of carbonyl (C=O) groups excluding carboxylic acids is 1. The van der Waals surface area contributed by atoms with Crippen LogP contribution in [0.2, 0.25) is 0 Å². The number of fused-ring (bicyclic) bond motifs is 1. The molecular formula is C20H23NO3. The molecule has 0 amide bonds. The predicted molar refractivity (Wildman–Crippen MR) is 95.5 cm³/mol. The summed E-state index contributed by atoms with van der Waals surface area (Å²) in [5, 5.41) is 0. The normalized spacial score (nSPS) is 13.4. The third kappa shape index (κ3) is 2.96. The number of anilines is 1. The van der Waals surface area contributed by atoms with Crippen LogP contribution >= 0.6 is 0 Å². The standard InChI is InChI=1S/C20H23NO3/c1-13-5-6-17(14(2)22)18(9-13)21-8-7-15-10-19(23-3)20(24-4)11-16(15)12-21/h5-6,9-11H,7-8,12H2,1-4H3. The number of hydrogen-bond donors (Lipinski definition) is 0. The van der Waals surface area contributed by atoms with Gasteiger partial charge in [-0.3, -0.25) is 4.79 Å². The molecule has 0 radical (unpaired) electrons. The zero-order chi connectivity index (χ0) is 17.3. The first-order chi connectivity index (χ1) is 11.5. The van der Waals surface area contributed by atoms with Crippen molar-refractivity contribution in [3.63, 3.8) is 0 Å². The molecule has 1 heterocycles. The zero-order valence-electron chi connectivity index (χ0n) is 14.7. The lowest BCUT2D eigenvalue weighted by Gasteiger charge is -2.32. The summed E-state index contributed by atoms with van der Waals surface area (Å²) in [4.78, 5) is 14.3. The third-order valence-electron chi connectivity index (χ3n) is 4.59. The van der Waals surface area contributed by atoms with Gasteiger partial charge in [0.25, 0.3) is 0 Å². The number of aryl methyl sites for hydroxylation is 1. The number of nitrogens with zero attached hydrogens (tertiary/aromatic N) is 1. The Morgan fingerprint density at radius 2 is 1.71 bits per heavy atom. The number of benzene rings is 2. The van der Waals surface area contributed by atoms with Crippen molar-refractivity contribution in [2.24, 2.45) is 0 Å². The van der Waals surface area contributed by atoms with Crippen LogP contribution in [-0.4, -0.2) is 26.5 Å². The second kappa shape index (κ2) is 6.56. The van der Waals surface area contributed by atoms with E-state index in [1.54, 1.807) is 21.1 Å². The van der Waals surface area contributed by atoms with E-state index in [0.29, 0.717) is 0 Å². The van der Waals surface area contributed by atoms with Gasteiger partial charge in [0.1, 0.15) is 0 Å². The van der Waals surface area contributed by atoms with Gasteiger partial charge in [-0.2, -0.15) is 0 Å². The average Bonchev–Trinajstić information content (AvgIpc) is 2.59. The van der Waals surface area contributed by atoms with Crippen molar-refractivity contribution < 1.29 is 14.3 Å². The summed E-state index contributed by atoms with van der Waals surface area (Å²) in [5.41, 5.74) is 5.46. The molecule has 4 nitrogen and oxygen atoms in total. The van der Waals surface area contributed by atoms with Gasteiger partial charge in [-0.1, -0.05) is 6.07 Å². The lowest BCUT2D eigenvalue weighted by atomic mass is 9.96. The Morgan fingerprint density at radius 1 is 1.04 bits per heavy atom. The van der Waals surface area contributed by atoms with Crippen LogP contribution in [0.4, 0.5) is 5.69 Å². The highest BCUT2D eigenvalue weighted by atomic mass is 16.5. The summed E-state index contributed by atoms with van der Waals surface area (Å²) in [6.45, 7) is 5.32. The minimum absolute atomic E-state index is 0.100. The molecule has 1 aliphatic heterocycles. The molecule has 0 spiro atoms. The van der Waals surface area contributed by atoms with Crippen molar-refractivity contribution in [2.75, 3.05) is 25.7 Å². The van der Waals surface area contributed by atoms with Crippen LogP contribution in [0.1, 0.15) is 34.0 Å². The number of carbonyl (C=O) groups is 1. The van der Waals surface area contributed by atoms with Crippen molar-refractivity contribution >= 4 is 11.5 Å². The van der Waals surface area contributed by atoms with Gasteiger partial charge in [-0.25, -0.2) is 0 Å². The van der Waals surface area contributed by atoms with E-state index in [9.17, 15) is 4.79 Å². The summed E-state index contributed by atoms with van der Waals surface area (Å²) in [5.74, 6) is 1.61. The van der Waals surface area contributed by atoms with Gasteiger partial charge >= 0.3 is 0 Å². The molecule has 0 N–H and O–H groups in total. The molecule has 4 heteroatoms. The van der Waals surface area contributed by atoms with E-state index in [1.165, 1.54) is 11.1 Å². The Kier molecular flexibility index (Phi) is 4.47. The van der Waals surface area contributed by atoms with E-state index in [1.807, 2.05) is 18.2 Å². The molecule has 0 saturated heterocycles. The first-order valence-corrected chi connectivity index (χ1v) is 8.13. The minimum Gasteiger partial charge on any atom is -0.493 e. The summed E-state index contributed by atoms with van der Waals surface area (Å²) in [7, 11) is 3.31. The molecule has 1 aliphatic rings. The number of ketones is 1. The van der Waals surface area contributed by atoms with Gasteiger partial charge in [0.05, 0.1) is 14.2 Å². The molecule has 0 atom stereocenters. The average molecular weight is 325 g/mol. The topological polar surface area (TPSA) is 38.8 Å². The van der Waals surface area contributed by atoms with Crippen molar-refractivity contribution in [2.45, 2.75) is 26.8 Å². The fraction of sp³-hybridized carbons (Fsp3) is 0.350. The number of methoxy groups -OCH3 is 2. The summed E-state index contributed by atoms with van der Waals surface area (Å²) in [6, 6.07) is 10.1. The van der Waals surface area contributed by atoms with Crippen LogP contribution in [-0.2, 0) is 13.0 Å². The van der Waals surface area contributed by atoms with Crippen LogP contribution in [0.25, 0.3) is 0 Å². The molecule has 0 fully saturated rings. The van der Waals surface area contributed by atoms with Gasteiger partial charge in [0, 0.05) is 24.3 Å². The Morgan fingerprint density at radius 3 is 2.33 bits per heavy atom. The highest BCUT2D eigenvalue weighted by molar-refractivity contribution is 5.99. The fourth-order valence-corrected chi connectivity index (χ4v) is 3.29. The van der Waals surface area contributed by atoms with Crippen LogP contribution in [0.3, 0.4) is 0 Å². The van der Waals surface area contributed by atoms with Gasteiger partial charge in [-0.15, -0.1) is 0 Å². The maximum atomic E-state index is 12.0. The maximum Gasteiger partial charge on any atom is 0.161 e. The van der Waals surface area contributed by atoms with E-state index >= 15 is 0 Å².